The van der Waals surface area contributed by atoms with Gasteiger partial charge in [-0.1, -0.05) is 56.2 Å². The first-order valence-electron chi connectivity index (χ1n) is 8.18. The normalized spacial score (nSPS) is 22.3. The number of rotatable bonds is 5. The Kier molecular flexibility index (Phi) is 4.76. The predicted molar refractivity (Wildman–Crippen MR) is 88.9 cm³/mol. The molecule has 1 fully saturated rings. The molecule has 1 N–H and O–H groups in total. The van der Waals surface area contributed by atoms with Crippen LogP contribution in [0, 0.1) is 5.92 Å². The van der Waals surface area contributed by atoms with E-state index in [2.05, 4.69) is 54.7 Å². The van der Waals surface area contributed by atoms with E-state index >= 15 is 0 Å². The Bertz CT molecular complexity index is 575. The quantitative estimate of drug-likeness (QED) is 0.822. The van der Waals surface area contributed by atoms with Gasteiger partial charge in [0.15, 0.2) is 0 Å². The Morgan fingerprint density at radius 3 is 2.76 bits per heavy atom. The summed E-state index contributed by atoms with van der Waals surface area (Å²) in [7, 11) is 0. The first kappa shape index (κ1) is 14.4. The van der Waals surface area contributed by atoms with Crippen LogP contribution >= 0.6 is 0 Å². The Hall–Kier alpha value is -1.54. The highest BCUT2D eigenvalue weighted by molar-refractivity contribution is 5.88. The zero-order valence-corrected chi connectivity index (χ0v) is 12.8. The minimum Gasteiger partial charge on any atom is -0.492 e. The van der Waals surface area contributed by atoms with Crippen LogP contribution in [-0.4, -0.2) is 19.2 Å². The standard InChI is InChI=1S/C19H25NO/c1-15-7-2-5-11-18(15)20-13-14-21-19-12-6-9-16-8-3-4-10-17(16)19/h3-4,6,8-10,12,15,18,20H,2,5,7,11,13-14H2,1H3. The van der Waals surface area contributed by atoms with Crippen molar-refractivity contribution in [2.24, 2.45) is 5.92 Å². The summed E-state index contributed by atoms with van der Waals surface area (Å²) in [6, 6.07) is 15.3. The van der Waals surface area contributed by atoms with Crippen molar-refractivity contribution in [1.82, 2.24) is 5.32 Å². The summed E-state index contributed by atoms with van der Waals surface area (Å²) in [5.74, 6) is 1.79. The molecule has 0 amide bonds. The highest BCUT2D eigenvalue weighted by atomic mass is 16.5. The number of ether oxygens (including phenoxy) is 1. The molecule has 0 bridgehead atoms. The second-order valence-electron chi connectivity index (χ2n) is 6.15. The molecule has 0 radical (unpaired) electrons. The fourth-order valence-corrected chi connectivity index (χ4v) is 3.35. The van der Waals surface area contributed by atoms with Crippen LogP contribution in [0.15, 0.2) is 42.5 Å². The largest absolute Gasteiger partial charge is 0.492 e. The third kappa shape index (κ3) is 3.56. The van der Waals surface area contributed by atoms with Gasteiger partial charge in [-0.2, -0.15) is 0 Å². The number of fused-ring (bicyclic) bond motifs is 1. The van der Waals surface area contributed by atoms with Gasteiger partial charge in [0, 0.05) is 18.0 Å². The molecule has 0 spiro atoms. The SMILES string of the molecule is CC1CCCCC1NCCOc1cccc2ccccc12. The molecule has 2 heteroatoms. The van der Waals surface area contributed by atoms with Crippen LogP contribution in [0.5, 0.6) is 5.75 Å². The van der Waals surface area contributed by atoms with Crippen molar-refractivity contribution in [1.29, 1.82) is 0 Å². The van der Waals surface area contributed by atoms with Crippen molar-refractivity contribution in [2.75, 3.05) is 13.2 Å². The summed E-state index contributed by atoms with van der Waals surface area (Å²) in [5.41, 5.74) is 0. The van der Waals surface area contributed by atoms with Crippen LogP contribution in [0.3, 0.4) is 0 Å². The van der Waals surface area contributed by atoms with Crippen molar-refractivity contribution in [3.8, 4) is 5.75 Å². The fraction of sp³-hybridized carbons (Fsp3) is 0.474. The van der Waals surface area contributed by atoms with E-state index in [0.29, 0.717) is 6.04 Å². The molecular formula is C19H25NO. The molecule has 1 aliphatic carbocycles. The average molecular weight is 283 g/mol. The minimum atomic E-state index is 0.676. The van der Waals surface area contributed by atoms with E-state index in [1.807, 2.05) is 0 Å². The van der Waals surface area contributed by atoms with Crippen molar-refractivity contribution in [3.63, 3.8) is 0 Å². The maximum atomic E-state index is 5.98. The molecule has 0 aliphatic heterocycles. The summed E-state index contributed by atoms with van der Waals surface area (Å²) >= 11 is 0. The second-order valence-corrected chi connectivity index (χ2v) is 6.15. The maximum Gasteiger partial charge on any atom is 0.127 e. The molecular weight excluding hydrogens is 258 g/mol. The summed E-state index contributed by atoms with van der Waals surface area (Å²) in [6.45, 7) is 4.03. The zero-order chi connectivity index (χ0) is 14.5. The fourth-order valence-electron chi connectivity index (χ4n) is 3.35. The Balaban J connectivity index is 1.52. The van der Waals surface area contributed by atoms with Crippen molar-refractivity contribution < 1.29 is 4.74 Å². The van der Waals surface area contributed by atoms with Crippen LogP contribution in [-0.2, 0) is 0 Å². The van der Waals surface area contributed by atoms with Gasteiger partial charge in [0.25, 0.3) is 0 Å². The summed E-state index contributed by atoms with van der Waals surface area (Å²) in [4.78, 5) is 0. The van der Waals surface area contributed by atoms with Crippen molar-refractivity contribution >= 4 is 10.8 Å². The number of hydrogen-bond acceptors (Lipinski definition) is 2. The molecule has 21 heavy (non-hydrogen) atoms. The van der Waals surface area contributed by atoms with Crippen LogP contribution in [0.2, 0.25) is 0 Å². The van der Waals surface area contributed by atoms with Gasteiger partial charge in [-0.25, -0.2) is 0 Å². The number of hydrogen-bond donors (Lipinski definition) is 1. The van der Waals surface area contributed by atoms with Crippen LogP contribution < -0.4 is 10.1 Å². The smallest absolute Gasteiger partial charge is 0.127 e. The first-order chi connectivity index (χ1) is 10.3. The summed E-state index contributed by atoms with van der Waals surface area (Å²) in [5, 5.41) is 6.10. The van der Waals surface area contributed by atoms with E-state index in [1.165, 1.54) is 36.5 Å². The predicted octanol–water partition coefficient (Wildman–Crippen LogP) is 4.39. The summed E-state index contributed by atoms with van der Waals surface area (Å²) < 4.78 is 5.98. The van der Waals surface area contributed by atoms with Crippen molar-refractivity contribution in [2.45, 2.75) is 38.6 Å². The van der Waals surface area contributed by atoms with Gasteiger partial charge in [0.2, 0.25) is 0 Å². The Morgan fingerprint density at radius 1 is 1.05 bits per heavy atom. The van der Waals surface area contributed by atoms with Gasteiger partial charge >= 0.3 is 0 Å². The molecule has 2 aromatic rings. The van der Waals surface area contributed by atoms with Gasteiger partial charge in [0.05, 0.1) is 0 Å². The molecule has 2 nitrogen and oxygen atoms in total. The highest BCUT2D eigenvalue weighted by Gasteiger charge is 2.20. The van der Waals surface area contributed by atoms with Gasteiger partial charge in [-0.3, -0.25) is 0 Å². The van der Waals surface area contributed by atoms with Gasteiger partial charge < -0.3 is 10.1 Å². The molecule has 0 heterocycles. The summed E-state index contributed by atoms with van der Waals surface area (Å²) in [6.07, 6.45) is 5.44. The average Bonchev–Trinajstić information content (AvgIpc) is 2.53. The highest BCUT2D eigenvalue weighted by Crippen LogP contribution is 2.25. The van der Waals surface area contributed by atoms with Gasteiger partial charge in [-0.15, -0.1) is 0 Å². The molecule has 1 aliphatic rings. The monoisotopic (exact) mass is 283 g/mol. The maximum absolute atomic E-state index is 5.98. The van der Waals surface area contributed by atoms with Crippen LogP contribution in [0.25, 0.3) is 10.8 Å². The molecule has 3 rings (SSSR count). The number of nitrogens with one attached hydrogen (secondary N) is 1. The van der Waals surface area contributed by atoms with Crippen LogP contribution in [0.1, 0.15) is 32.6 Å². The van der Waals surface area contributed by atoms with E-state index < -0.39 is 0 Å². The molecule has 2 aromatic carbocycles. The minimum absolute atomic E-state index is 0.676. The molecule has 0 aromatic heterocycles. The van der Waals surface area contributed by atoms with Gasteiger partial charge in [0.1, 0.15) is 12.4 Å². The zero-order valence-electron chi connectivity index (χ0n) is 12.8. The topological polar surface area (TPSA) is 21.3 Å². The van der Waals surface area contributed by atoms with E-state index in [1.54, 1.807) is 0 Å². The lowest BCUT2D eigenvalue weighted by Gasteiger charge is -2.29. The van der Waals surface area contributed by atoms with Gasteiger partial charge in [-0.05, 0) is 30.2 Å². The van der Waals surface area contributed by atoms with E-state index in [4.69, 9.17) is 4.74 Å². The second kappa shape index (κ2) is 6.95. The van der Waals surface area contributed by atoms with E-state index in [9.17, 15) is 0 Å². The van der Waals surface area contributed by atoms with E-state index in [-0.39, 0.29) is 0 Å². The third-order valence-corrected chi connectivity index (χ3v) is 4.63. The first-order valence-corrected chi connectivity index (χ1v) is 8.18. The number of benzene rings is 2. The van der Waals surface area contributed by atoms with E-state index in [0.717, 1.165) is 24.8 Å². The molecule has 2 unspecified atom stereocenters. The van der Waals surface area contributed by atoms with Crippen molar-refractivity contribution in [3.05, 3.63) is 42.5 Å². The molecule has 1 saturated carbocycles. The Morgan fingerprint density at radius 2 is 1.86 bits per heavy atom. The molecule has 0 saturated heterocycles. The molecule has 112 valence electrons. The lowest BCUT2D eigenvalue weighted by Crippen LogP contribution is -2.39. The lowest BCUT2D eigenvalue weighted by atomic mass is 9.86. The lowest BCUT2D eigenvalue weighted by molar-refractivity contribution is 0.252. The molecule has 2 atom stereocenters. The third-order valence-electron chi connectivity index (χ3n) is 4.63. The van der Waals surface area contributed by atoms with Crippen LogP contribution in [0.4, 0.5) is 0 Å². The Labute approximate surface area is 127 Å².